The minimum Gasteiger partial charge on any atom is -0.383 e. The van der Waals surface area contributed by atoms with Crippen molar-refractivity contribution in [1.82, 2.24) is 0 Å². The maximum atomic E-state index is 13.3. The largest absolute Gasteiger partial charge is 0.383 e. The maximum Gasteiger partial charge on any atom is 0.150 e. The molecule has 0 bridgehead atoms. The third kappa shape index (κ3) is 4.73. The van der Waals surface area contributed by atoms with E-state index in [2.05, 4.69) is 5.32 Å². The fourth-order valence-electron chi connectivity index (χ4n) is 1.43. The first kappa shape index (κ1) is 14.0. The Morgan fingerprint density at radius 2 is 2.06 bits per heavy atom. The minimum absolute atomic E-state index is 0.143. The lowest BCUT2D eigenvalue weighted by Crippen LogP contribution is -2.13. The number of hydrogen-bond donors (Lipinski definition) is 1. The van der Waals surface area contributed by atoms with E-state index in [1.807, 2.05) is 6.92 Å². The van der Waals surface area contributed by atoms with Crippen molar-refractivity contribution in [2.75, 3.05) is 23.4 Å². The first-order valence-corrected chi connectivity index (χ1v) is 7.47. The number of sulfone groups is 1. The Morgan fingerprint density at radius 1 is 1.35 bits per heavy atom. The zero-order valence-electron chi connectivity index (χ0n) is 10.2. The maximum absolute atomic E-state index is 13.3. The van der Waals surface area contributed by atoms with Crippen LogP contribution in [0.5, 0.6) is 0 Å². The summed E-state index contributed by atoms with van der Waals surface area (Å²) in [4.78, 5) is 0. The molecule has 0 aromatic heterocycles. The van der Waals surface area contributed by atoms with Crippen LogP contribution < -0.4 is 5.32 Å². The molecule has 5 heteroatoms. The molecular weight excluding hydrogens is 241 g/mol. The van der Waals surface area contributed by atoms with Crippen molar-refractivity contribution >= 4 is 15.5 Å². The monoisotopic (exact) mass is 259 g/mol. The van der Waals surface area contributed by atoms with Gasteiger partial charge >= 0.3 is 0 Å². The van der Waals surface area contributed by atoms with Gasteiger partial charge in [-0.3, -0.25) is 0 Å². The highest BCUT2D eigenvalue weighted by Crippen LogP contribution is 2.15. The SMILES string of the molecule is CCS(=O)(=O)CCCNc1cc(C)ccc1F. The van der Waals surface area contributed by atoms with Crippen molar-refractivity contribution < 1.29 is 12.8 Å². The molecule has 3 nitrogen and oxygen atoms in total. The third-order valence-electron chi connectivity index (χ3n) is 2.51. The average Bonchev–Trinajstić information content (AvgIpc) is 2.29. The quantitative estimate of drug-likeness (QED) is 0.798. The second-order valence-electron chi connectivity index (χ2n) is 4.00. The van der Waals surface area contributed by atoms with Gasteiger partial charge in [-0.2, -0.15) is 0 Å². The number of nitrogens with one attached hydrogen (secondary N) is 1. The van der Waals surface area contributed by atoms with Crippen LogP contribution in [-0.2, 0) is 9.84 Å². The molecule has 1 N–H and O–H groups in total. The summed E-state index contributed by atoms with van der Waals surface area (Å²) < 4.78 is 35.8. The molecule has 0 saturated carbocycles. The third-order valence-corrected chi connectivity index (χ3v) is 4.30. The summed E-state index contributed by atoms with van der Waals surface area (Å²) >= 11 is 0. The van der Waals surface area contributed by atoms with Crippen molar-refractivity contribution in [2.24, 2.45) is 0 Å². The summed E-state index contributed by atoms with van der Waals surface area (Å²) in [5, 5.41) is 2.91. The van der Waals surface area contributed by atoms with Crippen molar-refractivity contribution in [3.05, 3.63) is 29.6 Å². The van der Waals surface area contributed by atoms with Crippen LogP contribution in [0.2, 0.25) is 0 Å². The molecule has 0 fully saturated rings. The van der Waals surface area contributed by atoms with E-state index in [0.29, 0.717) is 18.7 Å². The summed E-state index contributed by atoms with van der Waals surface area (Å²) in [5.74, 6) is -0.00983. The van der Waals surface area contributed by atoms with E-state index in [1.165, 1.54) is 6.07 Å². The van der Waals surface area contributed by atoms with Crippen LogP contribution in [0.3, 0.4) is 0 Å². The van der Waals surface area contributed by atoms with Gasteiger partial charge in [-0.1, -0.05) is 13.0 Å². The molecule has 0 atom stereocenters. The molecule has 0 heterocycles. The van der Waals surface area contributed by atoms with Crippen LogP contribution in [-0.4, -0.2) is 26.5 Å². The van der Waals surface area contributed by atoms with Crippen LogP contribution in [0, 0.1) is 12.7 Å². The zero-order chi connectivity index (χ0) is 12.9. The molecule has 1 aromatic carbocycles. The summed E-state index contributed by atoms with van der Waals surface area (Å²) in [6.45, 7) is 3.97. The summed E-state index contributed by atoms with van der Waals surface area (Å²) in [7, 11) is -2.93. The predicted molar refractivity (Wildman–Crippen MR) is 68.6 cm³/mol. The fraction of sp³-hybridized carbons (Fsp3) is 0.500. The Bertz CT molecular complexity index is 471. The molecule has 96 valence electrons. The molecule has 0 spiro atoms. The second-order valence-corrected chi connectivity index (χ2v) is 6.47. The molecule has 17 heavy (non-hydrogen) atoms. The number of rotatable bonds is 6. The molecule has 0 saturated heterocycles. The Balaban J connectivity index is 2.44. The predicted octanol–water partition coefficient (Wildman–Crippen LogP) is 2.37. The highest BCUT2D eigenvalue weighted by Gasteiger charge is 2.07. The molecule has 0 radical (unpaired) electrons. The number of anilines is 1. The van der Waals surface area contributed by atoms with Crippen LogP contribution in [0.25, 0.3) is 0 Å². The molecule has 0 aliphatic rings. The van der Waals surface area contributed by atoms with Gasteiger partial charge in [0.25, 0.3) is 0 Å². The molecule has 0 amide bonds. The van der Waals surface area contributed by atoms with Gasteiger partial charge in [-0.05, 0) is 31.0 Å². The topological polar surface area (TPSA) is 46.2 Å². The fourth-order valence-corrected chi connectivity index (χ4v) is 2.31. The van der Waals surface area contributed by atoms with Gasteiger partial charge in [0.2, 0.25) is 0 Å². The van der Waals surface area contributed by atoms with Crippen LogP contribution in [0.15, 0.2) is 18.2 Å². The van der Waals surface area contributed by atoms with E-state index < -0.39 is 9.84 Å². The van der Waals surface area contributed by atoms with Crippen molar-refractivity contribution in [1.29, 1.82) is 0 Å². The number of aryl methyl sites for hydroxylation is 1. The minimum atomic E-state index is -2.93. The second kappa shape index (κ2) is 6.00. The summed E-state index contributed by atoms with van der Waals surface area (Å²) in [6.07, 6.45) is 0.490. The number of halogens is 1. The smallest absolute Gasteiger partial charge is 0.150 e. The van der Waals surface area contributed by atoms with Gasteiger partial charge in [0.05, 0.1) is 11.4 Å². The lowest BCUT2D eigenvalue weighted by atomic mass is 10.2. The normalized spacial score (nSPS) is 11.5. The molecular formula is C12H18FNO2S. The van der Waals surface area contributed by atoms with Crippen molar-refractivity contribution in [3.63, 3.8) is 0 Å². The van der Waals surface area contributed by atoms with Crippen LogP contribution in [0.4, 0.5) is 10.1 Å². The van der Waals surface area contributed by atoms with E-state index in [4.69, 9.17) is 0 Å². The van der Waals surface area contributed by atoms with Crippen LogP contribution in [0.1, 0.15) is 18.9 Å². The van der Waals surface area contributed by atoms with E-state index in [9.17, 15) is 12.8 Å². The summed E-state index contributed by atoms with van der Waals surface area (Å²) in [6, 6.07) is 4.81. The highest BCUT2D eigenvalue weighted by molar-refractivity contribution is 7.91. The molecule has 0 aliphatic heterocycles. The van der Waals surface area contributed by atoms with Gasteiger partial charge in [-0.25, -0.2) is 12.8 Å². The lowest BCUT2D eigenvalue weighted by molar-refractivity contribution is 0.595. The Labute approximate surface area is 102 Å². The molecule has 0 unspecified atom stereocenters. The lowest BCUT2D eigenvalue weighted by Gasteiger charge is -2.08. The van der Waals surface area contributed by atoms with Gasteiger partial charge < -0.3 is 5.32 Å². The van der Waals surface area contributed by atoms with Gasteiger partial charge in [0, 0.05) is 12.3 Å². The Hall–Kier alpha value is -1.10. The molecule has 1 aromatic rings. The molecule has 0 aliphatic carbocycles. The van der Waals surface area contributed by atoms with Gasteiger partial charge in [-0.15, -0.1) is 0 Å². The summed E-state index contributed by atoms with van der Waals surface area (Å²) in [5.41, 5.74) is 1.40. The van der Waals surface area contributed by atoms with E-state index >= 15 is 0 Å². The highest BCUT2D eigenvalue weighted by atomic mass is 32.2. The molecule has 1 rings (SSSR count). The van der Waals surface area contributed by atoms with Crippen LogP contribution >= 0.6 is 0 Å². The first-order chi connectivity index (χ1) is 7.94. The Morgan fingerprint density at radius 3 is 2.71 bits per heavy atom. The van der Waals surface area contributed by atoms with Crippen molar-refractivity contribution in [3.8, 4) is 0 Å². The van der Waals surface area contributed by atoms with E-state index in [1.54, 1.807) is 19.1 Å². The van der Waals surface area contributed by atoms with E-state index in [0.717, 1.165) is 5.56 Å². The number of hydrogen-bond acceptors (Lipinski definition) is 3. The number of benzene rings is 1. The average molecular weight is 259 g/mol. The Kier molecular flexibility index (Phi) is 4.93. The standard InChI is InChI=1S/C12H18FNO2S/c1-3-17(15,16)8-4-7-14-12-9-10(2)5-6-11(12)13/h5-6,9,14H,3-4,7-8H2,1-2H3. The van der Waals surface area contributed by atoms with Gasteiger partial charge in [0.15, 0.2) is 0 Å². The first-order valence-electron chi connectivity index (χ1n) is 5.65. The van der Waals surface area contributed by atoms with E-state index in [-0.39, 0.29) is 17.3 Å². The van der Waals surface area contributed by atoms with Crippen molar-refractivity contribution in [2.45, 2.75) is 20.3 Å². The zero-order valence-corrected chi connectivity index (χ0v) is 11.0. The van der Waals surface area contributed by atoms with Gasteiger partial charge in [0.1, 0.15) is 15.7 Å².